The van der Waals surface area contributed by atoms with E-state index >= 15 is 0 Å². The minimum Gasteiger partial charge on any atom is -0.478 e. The van der Waals surface area contributed by atoms with E-state index in [-0.39, 0.29) is 11.5 Å². The van der Waals surface area contributed by atoms with Gasteiger partial charge in [-0.1, -0.05) is 0 Å². The maximum atomic E-state index is 12.7. The van der Waals surface area contributed by atoms with Crippen LogP contribution in [-0.2, 0) is 22.4 Å². The highest BCUT2D eigenvalue weighted by Crippen LogP contribution is 2.46. The molecule has 0 spiro atoms. The van der Waals surface area contributed by atoms with E-state index in [0.717, 1.165) is 46.9 Å². The smallest absolute Gasteiger partial charge is 0.332 e. The van der Waals surface area contributed by atoms with Gasteiger partial charge in [0.15, 0.2) is 0 Å². The lowest BCUT2D eigenvalue weighted by atomic mass is 10.1. The third-order valence-corrected chi connectivity index (χ3v) is 6.92. The van der Waals surface area contributed by atoms with Crippen molar-refractivity contribution in [2.75, 3.05) is 5.32 Å². The van der Waals surface area contributed by atoms with Crippen LogP contribution in [0.3, 0.4) is 0 Å². The van der Waals surface area contributed by atoms with Gasteiger partial charge in [-0.15, -0.1) is 22.7 Å². The predicted octanol–water partition coefficient (Wildman–Crippen LogP) is 4.17. The molecule has 130 valence electrons. The van der Waals surface area contributed by atoms with Gasteiger partial charge in [-0.3, -0.25) is 4.79 Å². The number of thiophene rings is 1. The molecule has 5 nitrogen and oxygen atoms in total. The Bertz CT molecular complexity index is 908. The number of fused-ring (bicyclic) bond motifs is 1. The fourth-order valence-corrected chi connectivity index (χ4v) is 5.82. The molecule has 0 radical (unpaired) electrons. The number of anilines is 1. The van der Waals surface area contributed by atoms with Crippen molar-refractivity contribution in [3.63, 3.8) is 0 Å². The number of hydrogen-bond acceptors (Lipinski definition) is 5. The molecule has 7 heteroatoms. The summed E-state index contributed by atoms with van der Waals surface area (Å²) in [6.45, 7) is 1.97. The van der Waals surface area contributed by atoms with Gasteiger partial charge in [-0.05, 0) is 51.0 Å². The highest BCUT2D eigenvalue weighted by atomic mass is 32.1. The van der Waals surface area contributed by atoms with E-state index in [1.807, 2.05) is 12.3 Å². The Morgan fingerprint density at radius 1 is 1.16 bits per heavy atom. The molecular formula is C18H18N2O3S2. The SMILES string of the molecule is Cc1csc(-c2c(NC(=O)C3=C(C(=O)O)CCC3)sc3c2CCC3)n1. The molecule has 0 unspecified atom stereocenters. The average Bonchev–Trinajstić information content (AvgIpc) is 3.29. The monoisotopic (exact) mass is 374 g/mol. The molecule has 1 amide bonds. The summed E-state index contributed by atoms with van der Waals surface area (Å²) in [5, 5.41) is 16.1. The zero-order chi connectivity index (χ0) is 17.6. The van der Waals surface area contributed by atoms with Crippen LogP contribution in [0, 0.1) is 6.92 Å². The molecule has 2 aromatic heterocycles. The van der Waals surface area contributed by atoms with E-state index in [0.29, 0.717) is 18.4 Å². The summed E-state index contributed by atoms with van der Waals surface area (Å²) < 4.78 is 0. The minimum absolute atomic E-state index is 0.258. The number of carboxylic acids is 1. The number of carbonyl (C=O) groups excluding carboxylic acids is 1. The van der Waals surface area contributed by atoms with Crippen LogP contribution >= 0.6 is 22.7 Å². The first-order valence-corrected chi connectivity index (χ1v) is 10.1. The van der Waals surface area contributed by atoms with Gasteiger partial charge in [0.05, 0.1) is 0 Å². The molecular weight excluding hydrogens is 356 g/mol. The number of aromatic nitrogens is 1. The lowest BCUT2D eigenvalue weighted by Crippen LogP contribution is -2.16. The summed E-state index contributed by atoms with van der Waals surface area (Å²) in [4.78, 5) is 30.0. The molecule has 0 atom stereocenters. The number of hydrogen-bond donors (Lipinski definition) is 2. The van der Waals surface area contributed by atoms with Gasteiger partial charge in [0.25, 0.3) is 5.91 Å². The van der Waals surface area contributed by atoms with Crippen molar-refractivity contribution in [3.05, 3.63) is 32.7 Å². The molecule has 2 heterocycles. The zero-order valence-corrected chi connectivity index (χ0v) is 15.5. The predicted molar refractivity (Wildman–Crippen MR) is 99.3 cm³/mol. The molecule has 2 aliphatic carbocycles. The molecule has 0 fully saturated rings. The number of amides is 1. The Morgan fingerprint density at radius 3 is 2.64 bits per heavy atom. The number of rotatable bonds is 4. The fourth-order valence-electron chi connectivity index (χ4n) is 3.60. The number of carboxylic acid groups (broad SMARTS) is 1. The van der Waals surface area contributed by atoms with Crippen LogP contribution in [0.1, 0.15) is 41.8 Å². The minimum atomic E-state index is -0.980. The number of nitrogens with zero attached hydrogens (tertiary/aromatic N) is 1. The van der Waals surface area contributed by atoms with Gasteiger partial charge in [0, 0.05) is 32.7 Å². The largest absolute Gasteiger partial charge is 0.478 e. The molecule has 25 heavy (non-hydrogen) atoms. The summed E-state index contributed by atoms with van der Waals surface area (Å²) in [5.41, 5.74) is 3.99. The lowest BCUT2D eigenvalue weighted by Gasteiger charge is -2.08. The average molecular weight is 374 g/mol. The Kier molecular flexibility index (Phi) is 4.21. The molecule has 2 N–H and O–H groups in total. The summed E-state index contributed by atoms with van der Waals surface area (Å²) in [5.74, 6) is -1.25. The first kappa shape index (κ1) is 16.5. The van der Waals surface area contributed by atoms with Gasteiger partial charge in [0.1, 0.15) is 10.0 Å². The van der Waals surface area contributed by atoms with Gasteiger partial charge in [0.2, 0.25) is 0 Å². The fraction of sp³-hybridized carbons (Fsp3) is 0.389. The molecule has 2 aliphatic rings. The molecule has 0 aliphatic heterocycles. The Morgan fingerprint density at radius 2 is 1.92 bits per heavy atom. The standard InChI is InChI=1S/C18H18N2O3S2/c1-9-8-24-16(19-9)14-12-6-3-7-13(12)25-17(14)20-15(21)10-4-2-5-11(10)18(22)23/h8H,2-7H2,1H3,(H,20,21)(H,22,23). The second kappa shape index (κ2) is 6.38. The summed E-state index contributed by atoms with van der Waals surface area (Å²) in [6, 6.07) is 0. The van der Waals surface area contributed by atoms with Crippen molar-refractivity contribution in [3.8, 4) is 10.6 Å². The molecule has 0 saturated heterocycles. The highest BCUT2D eigenvalue weighted by Gasteiger charge is 2.29. The van der Waals surface area contributed by atoms with Crippen LogP contribution in [0.2, 0.25) is 0 Å². The van der Waals surface area contributed by atoms with Gasteiger partial charge in [-0.2, -0.15) is 0 Å². The maximum absolute atomic E-state index is 12.7. The summed E-state index contributed by atoms with van der Waals surface area (Å²) >= 11 is 3.20. The van der Waals surface area contributed by atoms with Crippen molar-refractivity contribution in [1.29, 1.82) is 0 Å². The van der Waals surface area contributed by atoms with E-state index < -0.39 is 5.97 Å². The maximum Gasteiger partial charge on any atom is 0.332 e. The van der Waals surface area contributed by atoms with Crippen LogP contribution in [0.15, 0.2) is 16.5 Å². The number of nitrogens with one attached hydrogen (secondary N) is 1. The van der Waals surface area contributed by atoms with E-state index in [1.165, 1.54) is 10.4 Å². The summed E-state index contributed by atoms with van der Waals surface area (Å²) in [6.07, 6.45) is 4.92. The number of thiazole rings is 1. The number of aliphatic carboxylic acids is 1. The molecule has 0 aromatic carbocycles. The third-order valence-electron chi connectivity index (χ3n) is 4.73. The second-order valence-electron chi connectivity index (χ2n) is 6.43. The normalized spacial score (nSPS) is 16.4. The van der Waals surface area contributed by atoms with Gasteiger partial charge >= 0.3 is 5.97 Å². The van der Waals surface area contributed by atoms with Gasteiger partial charge in [-0.25, -0.2) is 9.78 Å². The van der Waals surface area contributed by atoms with Gasteiger partial charge < -0.3 is 10.4 Å². The van der Waals surface area contributed by atoms with Crippen molar-refractivity contribution in [2.24, 2.45) is 0 Å². The first-order chi connectivity index (χ1) is 12.0. The van der Waals surface area contributed by atoms with Crippen LogP contribution in [-0.4, -0.2) is 22.0 Å². The summed E-state index contributed by atoms with van der Waals surface area (Å²) in [7, 11) is 0. The first-order valence-electron chi connectivity index (χ1n) is 8.38. The van der Waals surface area contributed by atoms with Crippen LogP contribution in [0.4, 0.5) is 5.00 Å². The van der Waals surface area contributed by atoms with Crippen LogP contribution < -0.4 is 5.32 Å². The lowest BCUT2D eigenvalue weighted by molar-refractivity contribution is -0.133. The van der Waals surface area contributed by atoms with E-state index in [9.17, 15) is 14.7 Å². The molecule has 0 bridgehead atoms. The van der Waals surface area contributed by atoms with Crippen molar-refractivity contribution in [2.45, 2.75) is 45.4 Å². The Balaban J connectivity index is 1.71. The van der Waals surface area contributed by atoms with E-state index in [1.54, 1.807) is 22.7 Å². The van der Waals surface area contributed by atoms with Crippen LogP contribution in [0.25, 0.3) is 10.6 Å². The third kappa shape index (κ3) is 2.91. The number of carbonyl (C=O) groups is 2. The topological polar surface area (TPSA) is 79.3 Å². The van der Waals surface area contributed by atoms with E-state index in [2.05, 4.69) is 10.3 Å². The number of aryl methyl sites for hydroxylation is 2. The second-order valence-corrected chi connectivity index (χ2v) is 8.39. The molecule has 4 rings (SSSR count). The van der Waals surface area contributed by atoms with Crippen molar-refractivity contribution in [1.82, 2.24) is 4.98 Å². The quantitative estimate of drug-likeness (QED) is 0.842. The van der Waals surface area contributed by atoms with E-state index in [4.69, 9.17) is 0 Å². The van der Waals surface area contributed by atoms with Crippen LogP contribution in [0.5, 0.6) is 0 Å². The zero-order valence-electron chi connectivity index (χ0n) is 13.8. The molecule has 0 saturated carbocycles. The molecule has 2 aromatic rings. The van der Waals surface area contributed by atoms with Crippen molar-refractivity contribution >= 4 is 39.6 Å². The highest BCUT2D eigenvalue weighted by molar-refractivity contribution is 7.18. The Hall–Kier alpha value is -1.99. The van der Waals surface area contributed by atoms with Crippen molar-refractivity contribution < 1.29 is 14.7 Å². The Labute approximate surface area is 153 Å².